The van der Waals surface area contributed by atoms with E-state index in [9.17, 15) is 4.39 Å². The van der Waals surface area contributed by atoms with E-state index in [0.717, 1.165) is 18.8 Å². The third-order valence-corrected chi connectivity index (χ3v) is 2.96. The molecule has 1 saturated heterocycles. The number of hydrogen-bond donors (Lipinski definition) is 1. The minimum Gasteiger partial charge on any atom is -0.491 e. The normalized spacial score (nSPS) is 19.9. The van der Waals surface area contributed by atoms with Gasteiger partial charge in [0, 0.05) is 25.2 Å². The summed E-state index contributed by atoms with van der Waals surface area (Å²) in [5.74, 6) is -0.166. The van der Waals surface area contributed by atoms with Crippen LogP contribution in [0.15, 0.2) is 12.1 Å². The zero-order valence-electron chi connectivity index (χ0n) is 10.8. The van der Waals surface area contributed by atoms with Gasteiger partial charge in [0.2, 0.25) is 0 Å². The SMILES string of the molecule is CCOc1cc(N2CCOC(C)C2)c(N)cc1F. The molecule has 1 aliphatic rings. The lowest BCUT2D eigenvalue weighted by atomic mass is 10.2. The summed E-state index contributed by atoms with van der Waals surface area (Å²) >= 11 is 0. The summed E-state index contributed by atoms with van der Waals surface area (Å²) in [5.41, 5.74) is 7.13. The van der Waals surface area contributed by atoms with Crippen LogP contribution in [0.2, 0.25) is 0 Å². The molecular formula is C13H19FN2O2. The third-order valence-electron chi connectivity index (χ3n) is 2.96. The number of nitrogens with two attached hydrogens (primary N) is 1. The third kappa shape index (κ3) is 2.67. The number of hydrogen-bond acceptors (Lipinski definition) is 4. The van der Waals surface area contributed by atoms with Crippen molar-refractivity contribution in [1.82, 2.24) is 0 Å². The second-order valence-corrected chi connectivity index (χ2v) is 4.40. The molecule has 0 aliphatic carbocycles. The van der Waals surface area contributed by atoms with Gasteiger partial charge < -0.3 is 20.1 Å². The Morgan fingerprint density at radius 3 is 3.00 bits per heavy atom. The Morgan fingerprint density at radius 1 is 1.56 bits per heavy atom. The Hall–Kier alpha value is -1.49. The highest BCUT2D eigenvalue weighted by molar-refractivity contribution is 5.70. The van der Waals surface area contributed by atoms with Crippen molar-refractivity contribution in [2.75, 3.05) is 36.9 Å². The van der Waals surface area contributed by atoms with Crippen molar-refractivity contribution in [1.29, 1.82) is 0 Å². The first-order valence-corrected chi connectivity index (χ1v) is 6.20. The van der Waals surface area contributed by atoms with E-state index in [-0.39, 0.29) is 11.9 Å². The fraction of sp³-hybridized carbons (Fsp3) is 0.538. The lowest BCUT2D eigenvalue weighted by Crippen LogP contribution is -2.41. The van der Waals surface area contributed by atoms with Gasteiger partial charge in [-0.2, -0.15) is 0 Å². The molecule has 0 radical (unpaired) electrons. The van der Waals surface area contributed by atoms with Crippen molar-refractivity contribution < 1.29 is 13.9 Å². The monoisotopic (exact) mass is 254 g/mol. The van der Waals surface area contributed by atoms with Gasteiger partial charge in [0.1, 0.15) is 0 Å². The first kappa shape index (κ1) is 13.0. The van der Waals surface area contributed by atoms with Crippen molar-refractivity contribution in [3.8, 4) is 5.75 Å². The number of nitrogen functional groups attached to an aromatic ring is 1. The van der Waals surface area contributed by atoms with Crippen molar-refractivity contribution in [2.24, 2.45) is 0 Å². The molecule has 0 amide bonds. The molecule has 0 saturated carbocycles. The molecule has 1 aromatic carbocycles. The van der Waals surface area contributed by atoms with Crippen LogP contribution in [0.25, 0.3) is 0 Å². The van der Waals surface area contributed by atoms with E-state index in [4.69, 9.17) is 15.2 Å². The number of anilines is 2. The maximum absolute atomic E-state index is 13.6. The van der Waals surface area contributed by atoms with Crippen LogP contribution in [0.3, 0.4) is 0 Å². The first-order chi connectivity index (χ1) is 8.61. The number of rotatable bonds is 3. The molecule has 18 heavy (non-hydrogen) atoms. The second-order valence-electron chi connectivity index (χ2n) is 4.40. The predicted molar refractivity (Wildman–Crippen MR) is 69.6 cm³/mol. The van der Waals surface area contributed by atoms with Gasteiger partial charge in [-0.25, -0.2) is 4.39 Å². The molecule has 2 rings (SSSR count). The van der Waals surface area contributed by atoms with E-state index in [1.54, 1.807) is 6.07 Å². The van der Waals surface area contributed by atoms with E-state index < -0.39 is 5.82 Å². The van der Waals surface area contributed by atoms with Gasteiger partial charge in [0.05, 0.1) is 30.7 Å². The molecule has 1 unspecified atom stereocenters. The number of nitrogens with zero attached hydrogens (tertiary/aromatic N) is 1. The maximum atomic E-state index is 13.6. The van der Waals surface area contributed by atoms with E-state index in [1.165, 1.54) is 6.07 Å². The summed E-state index contributed by atoms with van der Waals surface area (Å²) in [6, 6.07) is 2.99. The number of morpholine rings is 1. The first-order valence-electron chi connectivity index (χ1n) is 6.20. The van der Waals surface area contributed by atoms with Crippen LogP contribution in [0.5, 0.6) is 5.75 Å². The van der Waals surface area contributed by atoms with E-state index in [1.807, 2.05) is 13.8 Å². The standard InChI is InChI=1S/C13H19FN2O2/c1-3-17-13-7-12(11(15)6-10(13)14)16-4-5-18-9(2)8-16/h6-7,9H,3-5,8,15H2,1-2H3. The van der Waals surface area contributed by atoms with Crippen molar-refractivity contribution >= 4 is 11.4 Å². The molecule has 0 aromatic heterocycles. The van der Waals surface area contributed by atoms with Crippen LogP contribution >= 0.6 is 0 Å². The molecule has 1 aromatic rings. The Labute approximate surface area is 106 Å². The molecule has 1 heterocycles. The summed E-state index contributed by atoms with van der Waals surface area (Å²) in [5, 5.41) is 0. The van der Waals surface area contributed by atoms with Crippen LogP contribution in [0.4, 0.5) is 15.8 Å². The van der Waals surface area contributed by atoms with Crippen LogP contribution in [-0.4, -0.2) is 32.4 Å². The fourth-order valence-electron chi connectivity index (χ4n) is 2.14. The summed E-state index contributed by atoms with van der Waals surface area (Å²) in [7, 11) is 0. The highest BCUT2D eigenvalue weighted by atomic mass is 19.1. The van der Waals surface area contributed by atoms with Crippen LogP contribution in [-0.2, 0) is 4.74 Å². The highest BCUT2D eigenvalue weighted by Gasteiger charge is 2.20. The number of benzene rings is 1. The Morgan fingerprint density at radius 2 is 2.33 bits per heavy atom. The largest absolute Gasteiger partial charge is 0.491 e. The Bertz CT molecular complexity index is 426. The van der Waals surface area contributed by atoms with E-state index in [0.29, 0.717) is 18.9 Å². The summed E-state index contributed by atoms with van der Waals surface area (Å²) in [4.78, 5) is 2.10. The molecule has 4 nitrogen and oxygen atoms in total. The molecule has 1 fully saturated rings. The summed E-state index contributed by atoms with van der Waals surface area (Å²) in [6.45, 7) is 6.43. The molecule has 1 aliphatic heterocycles. The van der Waals surface area contributed by atoms with Gasteiger partial charge in [0.15, 0.2) is 11.6 Å². The van der Waals surface area contributed by atoms with Gasteiger partial charge in [0.25, 0.3) is 0 Å². The lowest BCUT2D eigenvalue weighted by molar-refractivity contribution is 0.0532. The molecule has 1 atom stereocenters. The van der Waals surface area contributed by atoms with Crippen LogP contribution in [0.1, 0.15) is 13.8 Å². The maximum Gasteiger partial charge on any atom is 0.167 e. The minimum absolute atomic E-state index is 0.152. The highest BCUT2D eigenvalue weighted by Crippen LogP contribution is 2.32. The molecule has 100 valence electrons. The van der Waals surface area contributed by atoms with Crippen molar-refractivity contribution in [3.63, 3.8) is 0 Å². The molecular weight excluding hydrogens is 235 g/mol. The minimum atomic E-state index is -0.417. The Kier molecular flexibility index (Phi) is 3.91. The molecule has 5 heteroatoms. The second kappa shape index (κ2) is 5.44. The van der Waals surface area contributed by atoms with Crippen molar-refractivity contribution in [3.05, 3.63) is 17.9 Å². The quantitative estimate of drug-likeness (QED) is 0.838. The molecule has 2 N–H and O–H groups in total. The zero-order chi connectivity index (χ0) is 13.1. The topological polar surface area (TPSA) is 47.7 Å². The van der Waals surface area contributed by atoms with E-state index >= 15 is 0 Å². The summed E-state index contributed by atoms with van der Waals surface area (Å²) < 4.78 is 24.4. The smallest absolute Gasteiger partial charge is 0.167 e. The van der Waals surface area contributed by atoms with Crippen LogP contribution < -0.4 is 15.4 Å². The van der Waals surface area contributed by atoms with Gasteiger partial charge in [-0.05, 0) is 13.8 Å². The summed E-state index contributed by atoms with van der Waals surface area (Å²) in [6.07, 6.45) is 0.152. The zero-order valence-corrected chi connectivity index (χ0v) is 10.8. The average molecular weight is 254 g/mol. The number of halogens is 1. The van der Waals surface area contributed by atoms with Crippen LogP contribution in [0, 0.1) is 5.82 Å². The van der Waals surface area contributed by atoms with Gasteiger partial charge in [-0.1, -0.05) is 0 Å². The predicted octanol–water partition coefficient (Wildman–Crippen LogP) is 2.03. The van der Waals surface area contributed by atoms with E-state index in [2.05, 4.69) is 4.90 Å². The Balaban J connectivity index is 2.28. The lowest BCUT2D eigenvalue weighted by Gasteiger charge is -2.33. The van der Waals surface area contributed by atoms with Crippen molar-refractivity contribution in [2.45, 2.75) is 20.0 Å². The van der Waals surface area contributed by atoms with Gasteiger partial charge in [-0.3, -0.25) is 0 Å². The average Bonchev–Trinajstić information content (AvgIpc) is 2.33. The van der Waals surface area contributed by atoms with Gasteiger partial charge in [-0.15, -0.1) is 0 Å². The number of ether oxygens (including phenoxy) is 2. The fourth-order valence-corrected chi connectivity index (χ4v) is 2.14. The molecule has 0 spiro atoms. The van der Waals surface area contributed by atoms with Gasteiger partial charge >= 0.3 is 0 Å². The molecule has 0 bridgehead atoms.